The molecule has 1 heterocycles. The number of allylic oxidation sites excluding steroid dienone is 3. The Morgan fingerprint density at radius 2 is 2.14 bits per heavy atom. The molecule has 0 aromatic heterocycles. The summed E-state index contributed by atoms with van der Waals surface area (Å²) in [7, 11) is 5.41. The van der Waals surface area contributed by atoms with E-state index in [1.165, 1.54) is 5.70 Å². The van der Waals surface area contributed by atoms with Gasteiger partial charge in [0.15, 0.2) is 5.76 Å². The van der Waals surface area contributed by atoms with Crippen molar-refractivity contribution in [1.82, 2.24) is 4.90 Å². The smallest absolute Gasteiger partial charge is 0.158 e. The van der Waals surface area contributed by atoms with Gasteiger partial charge in [-0.2, -0.15) is 0 Å². The summed E-state index contributed by atoms with van der Waals surface area (Å²) in [6, 6.07) is 0. The van der Waals surface area contributed by atoms with Crippen molar-refractivity contribution in [2.75, 3.05) is 21.3 Å². The minimum atomic E-state index is 0.453. The number of nitrogens with zero attached hydrogens (tertiary/aromatic N) is 1. The summed E-state index contributed by atoms with van der Waals surface area (Å²) in [6.45, 7) is 0. The molecule has 3 nitrogen and oxygen atoms in total. The van der Waals surface area contributed by atoms with Crippen LogP contribution in [0.4, 0.5) is 0 Å². The molecule has 0 aromatic rings. The fourth-order valence-corrected chi connectivity index (χ4v) is 1.93. The van der Waals surface area contributed by atoms with Gasteiger partial charge in [0.25, 0.3) is 0 Å². The minimum absolute atomic E-state index is 0.453. The first-order valence-corrected chi connectivity index (χ1v) is 4.70. The molecule has 3 heteroatoms. The van der Waals surface area contributed by atoms with Crippen LogP contribution < -0.4 is 0 Å². The van der Waals surface area contributed by atoms with E-state index in [-0.39, 0.29) is 0 Å². The Kier molecular flexibility index (Phi) is 2.23. The topological polar surface area (TPSA) is 21.7 Å². The Labute approximate surface area is 84.3 Å². The van der Waals surface area contributed by atoms with E-state index in [4.69, 9.17) is 9.47 Å². The van der Waals surface area contributed by atoms with Crippen molar-refractivity contribution in [1.29, 1.82) is 0 Å². The van der Waals surface area contributed by atoms with Crippen molar-refractivity contribution in [3.63, 3.8) is 0 Å². The highest BCUT2D eigenvalue weighted by molar-refractivity contribution is 5.34. The number of methoxy groups -OCH3 is 2. The third-order valence-corrected chi connectivity index (χ3v) is 2.75. The normalized spacial score (nSPS) is 24.9. The Morgan fingerprint density at radius 3 is 2.79 bits per heavy atom. The maximum Gasteiger partial charge on any atom is 0.158 e. The summed E-state index contributed by atoms with van der Waals surface area (Å²) in [5.74, 6) is 2.23. The average molecular weight is 193 g/mol. The van der Waals surface area contributed by atoms with Crippen LogP contribution in [0.2, 0.25) is 0 Å². The van der Waals surface area contributed by atoms with E-state index < -0.39 is 0 Å². The Morgan fingerprint density at radius 1 is 1.36 bits per heavy atom. The molecule has 0 bridgehead atoms. The molecule has 2 rings (SSSR count). The monoisotopic (exact) mass is 193 g/mol. The summed E-state index contributed by atoms with van der Waals surface area (Å²) >= 11 is 0. The molecule has 0 fully saturated rings. The maximum atomic E-state index is 5.30. The van der Waals surface area contributed by atoms with Crippen LogP contribution in [0.5, 0.6) is 0 Å². The lowest BCUT2D eigenvalue weighted by molar-refractivity contribution is 0.209. The van der Waals surface area contributed by atoms with E-state index in [0.29, 0.717) is 5.92 Å². The molecular weight excluding hydrogens is 178 g/mol. The number of hydrogen-bond donors (Lipinski definition) is 0. The van der Waals surface area contributed by atoms with Crippen LogP contribution in [0.3, 0.4) is 0 Å². The number of fused-ring (bicyclic) bond motifs is 1. The van der Waals surface area contributed by atoms with Crippen LogP contribution >= 0.6 is 0 Å². The first kappa shape index (κ1) is 9.19. The lowest BCUT2D eigenvalue weighted by atomic mass is 9.96. The fourth-order valence-electron chi connectivity index (χ4n) is 1.93. The van der Waals surface area contributed by atoms with Gasteiger partial charge in [-0.1, -0.05) is 6.08 Å². The molecule has 1 unspecified atom stereocenters. The highest BCUT2D eigenvalue weighted by atomic mass is 16.5. The van der Waals surface area contributed by atoms with Gasteiger partial charge < -0.3 is 14.4 Å². The number of hydrogen-bond acceptors (Lipinski definition) is 3. The quantitative estimate of drug-likeness (QED) is 0.668. The molecule has 0 saturated carbocycles. The molecule has 0 spiro atoms. The van der Waals surface area contributed by atoms with Gasteiger partial charge in [0, 0.05) is 37.4 Å². The fraction of sp³-hybridized carbons (Fsp3) is 0.455. The molecule has 2 aliphatic rings. The van der Waals surface area contributed by atoms with Gasteiger partial charge in [0.2, 0.25) is 0 Å². The molecule has 0 aromatic carbocycles. The SMILES string of the molecule is COC1=C(OC)CC2C=CN(C)C2=C1. The highest BCUT2D eigenvalue weighted by Crippen LogP contribution is 2.35. The van der Waals surface area contributed by atoms with E-state index >= 15 is 0 Å². The Bertz CT molecular complexity index is 328. The second kappa shape index (κ2) is 3.40. The minimum Gasteiger partial charge on any atom is -0.497 e. The van der Waals surface area contributed by atoms with Gasteiger partial charge in [-0.25, -0.2) is 0 Å². The van der Waals surface area contributed by atoms with Crippen molar-refractivity contribution in [3.8, 4) is 0 Å². The molecule has 0 radical (unpaired) electrons. The average Bonchev–Trinajstić information content (AvgIpc) is 2.58. The van der Waals surface area contributed by atoms with Gasteiger partial charge >= 0.3 is 0 Å². The van der Waals surface area contributed by atoms with E-state index in [1.54, 1.807) is 14.2 Å². The molecule has 1 aliphatic carbocycles. The van der Waals surface area contributed by atoms with Crippen LogP contribution in [0, 0.1) is 5.92 Å². The van der Waals surface area contributed by atoms with Gasteiger partial charge in [0.1, 0.15) is 5.76 Å². The molecule has 0 saturated heterocycles. The summed E-state index contributed by atoms with van der Waals surface area (Å²) in [4.78, 5) is 2.12. The first-order chi connectivity index (χ1) is 6.76. The second-order valence-electron chi connectivity index (χ2n) is 3.53. The van der Waals surface area contributed by atoms with Crippen LogP contribution in [0.1, 0.15) is 6.42 Å². The van der Waals surface area contributed by atoms with Crippen LogP contribution in [-0.2, 0) is 9.47 Å². The predicted octanol–water partition coefficient (Wildman–Crippen LogP) is 1.85. The molecule has 0 amide bonds. The lowest BCUT2D eigenvalue weighted by Gasteiger charge is -2.24. The molecule has 1 aliphatic heterocycles. The van der Waals surface area contributed by atoms with E-state index in [9.17, 15) is 0 Å². The second-order valence-corrected chi connectivity index (χ2v) is 3.53. The van der Waals surface area contributed by atoms with E-state index in [2.05, 4.69) is 17.2 Å². The molecule has 0 N–H and O–H groups in total. The lowest BCUT2D eigenvalue weighted by Crippen LogP contribution is -2.16. The van der Waals surface area contributed by atoms with Gasteiger partial charge in [-0.05, 0) is 0 Å². The van der Waals surface area contributed by atoms with Crippen LogP contribution in [-0.4, -0.2) is 26.2 Å². The molecular formula is C11H15NO2. The summed E-state index contributed by atoms with van der Waals surface area (Å²) in [5, 5.41) is 0. The van der Waals surface area contributed by atoms with Crippen LogP contribution in [0.25, 0.3) is 0 Å². The zero-order valence-corrected chi connectivity index (χ0v) is 8.78. The largest absolute Gasteiger partial charge is 0.497 e. The summed E-state index contributed by atoms with van der Waals surface area (Å²) < 4.78 is 10.6. The third kappa shape index (κ3) is 1.29. The summed E-state index contributed by atoms with van der Waals surface area (Å²) in [6.07, 6.45) is 7.22. The van der Waals surface area contributed by atoms with Gasteiger partial charge in [-0.3, -0.25) is 0 Å². The summed E-state index contributed by atoms with van der Waals surface area (Å²) in [5.41, 5.74) is 1.28. The number of ether oxygens (including phenoxy) is 2. The molecule has 1 atom stereocenters. The maximum absolute atomic E-state index is 5.30. The van der Waals surface area contributed by atoms with Crippen molar-refractivity contribution < 1.29 is 9.47 Å². The van der Waals surface area contributed by atoms with Gasteiger partial charge in [-0.15, -0.1) is 0 Å². The zero-order chi connectivity index (χ0) is 10.1. The Balaban J connectivity index is 2.32. The zero-order valence-electron chi connectivity index (χ0n) is 8.78. The highest BCUT2D eigenvalue weighted by Gasteiger charge is 2.27. The Hall–Kier alpha value is -1.38. The standard InChI is InChI=1S/C11H15NO2/c1-12-5-4-8-6-10(13-2)11(14-3)7-9(8)12/h4-5,7-8H,6H2,1-3H3. The van der Waals surface area contributed by atoms with Crippen molar-refractivity contribution in [2.24, 2.45) is 5.92 Å². The van der Waals surface area contributed by atoms with Crippen LogP contribution in [0.15, 0.2) is 35.6 Å². The van der Waals surface area contributed by atoms with Crippen molar-refractivity contribution in [3.05, 3.63) is 35.6 Å². The van der Waals surface area contributed by atoms with E-state index in [0.717, 1.165) is 17.9 Å². The molecule has 14 heavy (non-hydrogen) atoms. The number of rotatable bonds is 2. The molecule has 76 valence electrons. The van der Waals surface area contributed by atoms with Crippen molar-refractivity contribution in [2.45, 2.75) is 6.42 Å². The van der Waals surface area contributed by atoms with E-state index in [1.807, 2.05) is 13.1 Å². The van der Waals surface area contributed by atoms with Crippen molar-refractivity contribution >= 4 is 0 Å². The van der Waals surface area contributed by atoms with Gasteiger partial charge in [0.05, 0.1) is 14.2 Å². The predicted molar refractivity (Wildman–Crippen MR) is 54.1 cm³/mol. The first-order valence-electron chi connectivity index (χ1n) is 4.70. The third-order valence-electron chi connectivity index (χ3n) is 2.75.